The zero-order chi connectivity index (χ0) is 16.8. The summed E-state index contributed by atoms with van der Waals surface area (Å²) in [5.74, 6) is -0.802. The number of ether oxygens (including phenoxy) is 1. The molecular weight excluding hydrogens is 302 g/mol. The number of ketones is 1. The molecule has 0 unspecified atom stereocenters. The number of carbonyl (C=O) groups is 2. The van der Waals surface area contributed by atoms with E-state index >= 15 is 0 Å². The normalized spacial score (nSPS) is 10.2. The molecule has 0 fully saturated rings. The Hall–Kier alpha value is -3.27. The number of nitrogens with zero attached hydrogens (tertiary/aromatic N) is 1. The molecule has 0 spiro atoms. The Morgan fingerprint density at radius 2 is 1.50 bits per heavy atom. The van der Waals surface area contributed by atoms with Crippen LogP contribution in [0.3, 0.4) is 0 Å². The van der Waals surface area contributed by atoms with E-state index in [1.165, 1.54) is 6.20 Å². The Morgan fingerprint density at radius 3 is 2.17 bits per heavy atom. The van der Waals surface area contributed by atoms with Gasteiger partial charge >= 0.3 is 5.97 Å². The SMILES string of the molecule is O=C(COC(=O)c1cccnc1)c1ccc(-c2ccccc2)cc1. The number of benzene rings is 2. The lowest BCUT2D eigenvalue weighted by Gasteiger charge is -2.06. The van der Waals surface area contributed by atoms with Crippen molar-refractivity contribution in [1.29, 1.82) is 0 Å². The molecule has 0 saturated carbocycles. The lowest BCUT2D eigenvalue weighted by molar-refractivity contribution is 0.0474. The van der Waals surface area contributed by atoms with E-state index in [4.69, 9.17) is 4.74 Å². The highest BCUT2D eigenvalue weighted by molar-refractivity contribution is 5.99. The maximum absolute atomic E-state index is 12.1. The number of Topliss-reactive ketones (excluding diaryl/α,β-unsaturated/α-hetero) is 1. The summed E-state index contributed by atoms with van der Waals surface area (Å²) < 4.78 is 5.03. The van der Waals surface area contributed by atoms with Crippen molar-refractivity contribution in [3.05, 3.63) is 90.3 Å². The van der Waals surface area contributed by atoms with Crippen LogP contribution in [0.4, 0.5) is 0 Å². The first kappa shape index (κ1) is 15.6. The summed E-state index contributed by atoms with van der Waals surface area (Å²) in [6.07, 6.45) is 2.97. The molecule has 1 heterocycles. The fourth-order valence-electron chi connectivity index (χ4n) is 2.26. The molecule has 0 aliphatic rings. The predicted octanol–water partition coefficient (Wildman–Crippen LogP) is 3.79. The van der Waals surface area contributed by atoms with Crippen molar-refractivity contribution >= 4 is 11.8 Å². The Balaban J connectivity index is 1.62. The summed E-state index contributed by atoms with van der Waals surface area (Å²) in [5, 5.41) is 0. The smallest absolute Gasteiger partial charge is 0.340 e. The van der Waals surface area contributed by atoms with Crippen LogP contribution >= 0.6 is 0 Å². The van der Waals surface area contributed by atoms with E-state index in [2.05, 4.69) is 4.98 Å². The topological polar surface area (TPSA) is 56.3 Å². The van der Waals surface area contributed by atoms with Crippen LogP contribution in [0.15, 0.2) is 79.1 Å². The molecule has 4 nitrogen and oxygen atoms in total. The largest absolute Gasteiger partial charge is 0.454 e. The summed E-state index contributed by atoms with van der Waals surface area (Å²) in [5.41, 5.74) is 2.94. The molecule has 4 heteroatoms. The summed E-state index contributed by atoms with van der Waals surface area (Å²) in [6, 6.07) is 20.4. The van der Waals surface area contributed by atoms with Gasteiger partial charge in [0, 0.05) is 18.0 Å². The van der Waals surface area contributed by atoms with Gasteiger partial charge in [-0.05, 0) is 23.3 Å². The number of aromatic nitrogens is 1. The molecule has 24 heavy (non-hydrogen) atoms. The van der Waals surface area contributed by atoms with Crippen molar-refractivity contribution in [2.45, 2.75) is 0 Å². The van der Waals surface area contributed by atoms with Crippen molar-refractivity contribution in [3.63, 3.8) is 0 Å². The molecule has 1 aromatic heterocycles. The molecule has 0 aliphatic carbocycles. The number of hydrogen-bond donors (Lipinski definition) is 0. The summed E-state index contributed by atoms with van der Waals surface area (Å²) >= 11 is 0. The first-order chi connectivity index (χ1) is 11.7. The van der Waals surface area contributed by atoms with E-state index in [-0.39, 0.29) is 12.4 Å². The minimum atomic E-state index is -0.558. The third-order valence-corrected chi connectivity index (χ3v) is 3.55. The quantitative estimate of drug-likeness (QED) is 0.531. The van der Waals surface area contributed by atoms with Crippen LogP contribution in [0.25, 0.3) is 11.1 Å². The van der Waals surface area contributed by atoms with Crippen LogP contribution < -0.4 is 0 Å². The average molecular weight is 317 g/mol. The molecule has 0 N–H and O–H groups in total. The lowest BCUT2D eigenvalue weighted by Crippen LogP contribution is -2.14. The van der Waals surface area contributed by atoms with Crippen molar-refractivity contribution in [2.75, 3.05) is 6.61 Å². The Morgan fingerprint density at radius 1 is 0.792 bits per heavy atom. The van der Waals surface area contributed by atoms with Crippen molar-refractivity contribution in [1.82, 2.24) is 4.98 Å². The minimum absolute atomic E-state index is 0.244. The molecule has 3 rings (SSSR count). The number of esters is 1. The number of rotatable bonds is 5. The van der Waals surface area contributed by atoms with E-state index in [0.717, 1.165) is 11.1 Å². The highest BCUT2D eigenvalue weighted by Crippen LogP contribution is 2.19. The number of pyridine rings is 1. The van der Waals surface area contributed by atoms with Gasteiger partial charge in [0.2, 0.25) is 0 Å². The van der Waals surface area contributed by atoms with Gasteiger partial charge in [-0.1, -0.05) is 54.6 Å². The molecule has 2 aromatic carbocycles. The Bertz CT molecular complexity index is 828. The van der Waals surface area contributed by atoms with Crippen molar-refractivity contribution in [2.24, 2.45) is 0 Å². The highest BCUT2D eigenvalue weighted by atomic mass is 16.5. The second kappa shape index (κ2) is 7.33. The maximum Gasteiger partial charge on any atom is 0.340 e. The van der Waals surface area contributed by atoms with Gasteiger partial charge in [0.05, 0.1) is 5.56 Å². The monoisotopic (exact) mass is 317 g/mol. The Kier molecular flexibility index (Phi) is 4.77. The lowest BCUT2D eigenvalue weighted by atomic mass is 10.0. The van der Waals surface area contributed by atoms with Gasteiger partial charge in [0.25, 0.3) is 0 Å². The van der Waals surface area contributed by atoms with E-state index in [1.807, 2.05) is 42.5 Å². The van der Waals surface area contributed by atoms with Crippen LogP contribution in [-0.4, -0.2) is 23.3 Å². The van der Waals surface area contributed by atoms with Gasteiger partial charge in [0.1, 0.15) is 0 Å². The predicted molar refractivity (Wildman–Crippen MR) is 90.7 cm³/mol. The van der Waals surface area contributed by atoms with E-state index < -0.39 is 5.97 Å². The zero-order valence-electron chi connectivity index (χ0n) is 12.9. The first-order valence-electron chi connectivity index (χ1n) is 7.50. The van der Waals surface area contributed by atoms with Gasteiger partial charge in [-0.15, -0.1) is 0 Å². The van der Waals surface area contributed by atoms with E-state index in [1.54, 1.807) is 30.5 Å². The van der Waals surface area contributed by atoms with Crippen LogP contribution in [0.1, 0.15) is 20.7 Å². The van der Waals surface area contributed by atoms with Gasteiger partial charge in [0.15, 0.2) is 12.4 Å². The second-order valence-corrected chi connectivity index (χ2v) is 5.18. The van der Waals surface area contributed by atoms with Crippen LogP contribution in [0.5, 0.6) is 0 Å². The maximum atomic E-state index is 12.1. The zero-order valence-corrected chi connectivity index (χ0v) is 12.9. The van der Waals surface area contributed by atoms with Gasteiger partial charge in [-0.2, -0.15) is 0 Å². The summed E-state index contributed by atoms with van der Waals surface area (Å²) in [6.45, 7) is -0.293. The minimum Gasteiger partial charge on any atom is -0.454 e. The molecule has 0 aliphatic heterocycles. The van der Waals surface area contributed by atoms with Crippen LogP contribution in [0, 0.1) is 0 Å². The first-order valence-corrected chi connectivity index (χ1v) is 7.50. The molecule has 3 aromatic rings. The average Bonchev–Trinajstić information content (AvgIpc) is 2.67. The molecule has 0 saturated heterocycles. The highest BCUT2D eigenvalue weighted by Gasteiger charge is 2.12. The third-order valence-electron chi connectivity index (χ3n) is 3.55. The fraction of sp³-hybridized carbons (Fsp3) is 0.0500. The number of carbonyl (C=O) groups excluding carboxylic acids is 2. The van der Waals surface area contributed by atoms with Crippen molar-refractivity contribution < 1.29 is 14.3 Å². The fourth-order valence-corrected chi connectivity index (χ4v) is 2.26. The second-order valence-electron chi connectivity index (χ2n) is 5.18. The van der Waals surface area contributed by atoms with Crippen LogP contribution in [-0.2, 0) is 4.74 Å². The molecule has 118 valence electrons. The van der Waals surface area contributed by atoms with Gasteiger partial charge < -0.3 is 4.74 Å². The third kappa shape index (κ3) is 3.73. The molecule has 0 bridgehead atoms. The van der Waals surface area contributed by atoms with Gasteiger partial charge in [-0.25, -0.2) is 4.79 Å². The molecule has 0 amide bonds. The summed E-state index contributed by atoms with van der Waals surface area (Å²) in [4.78, 5) is 27.8. The van der Waals surface area contributed by atoms with E-state index in [9.17, 15) is 9.59 Å². The Labute approximate surface area is 139 Å². The summed E-state index contributed by atoms with van der Waals surface area (Å²) in [7, 11) is 0. The standard InChI is InChI=1S/C20H15NO3/c22-19(14-24-20(23)18-7-4-12-21-13-18)17-10-8-16(9-11-17)15-5-2-1-3-6-15/h1-13H,14H2. The van der Waals surface area contributed by atoms with Crippen molar-refractivity contribution in [3.8, 4) is 11.1 Å². The number of hydrogen-bond acceptors (Lipinski definition) is 4. The van der Waals surface area contributed by atoms with Gasteiger partial charge in [-0.3, -0.25) is 9.78 Å². The molecule has 0 atom stereocenters. The van der Waals surface area contributed by atoms with Crippen LogP contribution in [0.2, 0.25) is 0 Å². The molecule has 0 radical (unpaired) electrons. The molecular formula is C20H15NO3. The van der Waals surface area contributed by atoms with E-state index in [0.29, 0.717) is 11.1 Å².